The lowest BCUT2D eigenvalue weighted by molar-refractivity contribution is -0.113. The van der Waals surface area contributed by atoms with E-state index >= 15 is 0 Å². The Labute approximate surface area is 109 Å². The quantitative estimate of drug-likeness (QED) is 0.810. The zero-order valence-corrected chi connectivity index (χ0v) is 11.3. The molecule has 0 aliphatic carbocycles. The molecule has 1 atom stereocenters. The summed E-state index contributed by atoms with van der Waals surface area (Å²) in [6, 6.07) is 7.03. The van der Waals surface area contributed by atoms with Crippen LogP contribution in [0.2, 0.25) is 0 Å². The zero-order valence-electron chi connectivity index (χ0n) is 9.74. The maximum atomic E-state index is 11.8. The lowest BCUT2D eigenvalue weighted by Gasteiger charge is -2.05. The minimum absolute atomic E-state index is 0.0653. The summed E-state index contributed by atoms with van der Waals surface area (Å²) < 4.78 is 11.8. The standard InChI is InChI=1S/C12H16ClNO2S/c1-2-3-8-17(16)11-6-4-10(5-7-11)14-12(15)9-13/h4-7H,2-3,8-9H2,1H3,(H,14,15). The van der Waals surface area contributed by atoms with Crippen LogP contribution in [0.25, 0.3) is 0 Å². The van der Waals surface area contributed by atoms with Crippen LogP contribution in [0.15, 0.2) is 29.2 Å². The summed E-state index contributed by atoms with van der Waals surface area (Å²) >= 11 is 5.38. The predicted molar refractivity (Wildman–Crippen MR) is 72.0 cm³/mol. The number of anilines is 1. The van der Waals surface area contributed by atoms with Gasteiger partial charge in [-0.25, -0.2) is 0 Å². The number of alkyl halides is 1. The van der Waals surface area contributed by atoms with Crippen molar-refractivity contribution >= 4 is 34.0 Å². The van der Waals surface area contributed by atoms with E-state index in [9.17, 15) is 9.00 Å². The summed E-state index contributed by atoms with van der Waals surface area (Å²) in [5.41, 5.74) is 0.673. The summed E-state index contributed by atoms with van der Waals surface area (Å²) in [5, 5.41) is 2.63. The number of rotatable bonds is 6. The third-order valence-electron chi connectivity index (χ3n) is 2.21. The molecule has 0 aliphatic rings. The van der Waals surface area contributed by atoms with Gasteiger partial charge in [-0.05, 0) is 30.7 Å². The normalized spacial score (nSPS) is 12.1. The van der Waals surface area contributed by atoms with E-state index in [2.05, 4.69) is 12.2 Å². The minimum Gasteiger partial charge on any atom is -0.325 e. The Bertz CT molecular complexity index is 392. The van der Waals surface area contributed by atoms with Crippen LogP contribution in [0.1, 0.15) is 19.8 Å². The molecule has 1 rings (SSSR count). The molecular formula is C12H16ClNO2S. The molecule has 0 aromatic heterocycles. The second-order valence-electron chi connectivity index (χ2n) is 3.61. The second kappa shape index (κ2) is 7.45. The number of benzene rings is 1. The predicted octanol–water partition coefficient (Wildman–Crippen LogP) is 2.77. The molecule has 1 N–H and O–H groups in total. The molecule has 0 radical (unpaired) electrons. The Morgan fingerprint density at radius 2 is 2.00 bits per heavy atom. The highest BCUT2D eigenvalue weighted by atomic mass is 35.5. The van der Waals surface area contributed by atoms with E-state index in [0.29, 0.717) is 11.4 Å². The van der Waals surface area contributed by atoms with Gasteiger partial charge in [0.1, 0.15) is 5.88 Å². The average Bonchev–Trinajstić information content (AvgIpc) is 2.36. The summed E-state index contributed by atoms with van der Waals surface area (Å²) in [6.07, 6.45) is 1.99. The Morgan fingerprint density at radius 1 is 1.35 bits per heavy atom. The van der Waals surface area contributed by atoms with Gasteiger partial charge in [0.05, 0.1) is 10.8 Å². The van der Waals surface area contributed by atoms with Gasteiger partial charge in [0, 0.05) is 16.3 Å². The molecular weight excluding hydrogens is 258 g/mol. The highest BCUT2D eigenvalue weighted by molar-refractivity contribution is 7.85. The summed E-state index contributed by atoms with van der Waals surface area (Å²) in [4.78, 5) is 11.8. The largest absolute Gasteiger partial charge is 0.325 e. The van der Waals surface area contributed by atoms with Gasteiger partial charge in [0.25, 0.3) is 0 Å². The van der Waals surface area contributed by atoms with E-state index in [1.807, 2.05) is 0 Å². The highest BCUT2D eigenvalue weighted by Gasteiger charge is 2.04. The van der Waals surface area contributed by atoms with Crippen molar-refractivity contribution in [3.05, 3.63) is 24.3 Å². The summed E-state index contributed by atoms with van der Waals surface area (Å²) in [7, 11) is -0.945. The first-order valence-corrected chi connectivity index (χ1v) is 7.37. The van der Waals surface area contributed by atoms with Crippen molar-refractivity contribution in [1.29, 1.82) is 0 Å². The highest BCUT2D eigenvalue weighted by Crippen LogP contribution is 2.13. The molecule has 0 saturated carbocycles. The van der Waals surface area contributed by atoms with E-state index in [1.165, 1.54) is 0 Å². The molecule has 0 bridgehead atoms. The lowest BCUT2D eigenvalue weighted by atomic mass is 10.3. The smallest absolute Gasteiger partial charge is 0.239 e. The van der Waals surface area contributed by atoms with Crippen LogP contribution in [0.3, 0.4) is 0 Å². The van der Waals surface area contributed by atoms with Gasteiger partial charge in [-0.15, -0.1) is 11.6 Å². The number of carbonyl (C=O) groups excluding carboxylic acids is 1. The van der Waals surface area contributed by atoms with E-state index in [-0.39, 0.29) is 11.8 Å². The minimum atomic E-state index is -0.945. The zero-order chi connectivity index (χ0) is 12.7. The van der Waals surface area contributed by atoms with Crippen LogP contribution < -0.4 is 5.32 Å². The number of hydrogen-bond donors (Lipinski definition) is 1. The average molecular weight is 274 g/mol. The molecule has 1 aromatic rings. The van der Waals surface area contributed by atoms with Crippen molar-refractivity contribution in [3.63, 3.8) is 0 Å². The van der Waals surface area contributed by atoms with Crippen LogP contribution in [0, 0.1) is 0 Å². The maximum Gasteiger partial charge on any atom is 0.239 e. The Morgan fingerprint density at radius 3 is 2.53 bits per heavy atom. The number of halogens is 1. The van der Waals surface area contributed by atoms with E-state index in [1.54, 1.807) is 24.3 Å². The van der Waals surface area contributed by atoms with Gasteiger partial charge in [-0.3, -0.25) is 9.00 Å². The molecule has 0 aliphatic heterocycles. The first-order valence-electron chi connectivity index (χ1n) is 5.51. The Kier molecular flexibility index (Phi) is 6.22. The van der Waals surface area contributed by atoms with Gasteiger partial charge in [-0.2, -0.15) is 0 Å². The Hall–Kier alpha value is -0.870. The fourth-order valence-corrected chi connectivity index (χ4v) is 2.57. The molecule has 3 nitrogen and oxygen atoms in total. The molecule has 0 saturated heterocycles. The van der Waals surface area contributed by atoms with Crippen LogP contribution in [-0.4, -0.2) is 21.7 Å². The topological polar surface area (TPSA) is 46.2 Å². The summed E-state index contributed by atoms with van der Waals surface area (Å²) in [6.45, 7) is 2.07. The molecule has 17 heavy (non-hydrogen) atoms. The Balaban J connectivity index is 2.61. The monoisotopic (exact) mass is 273 g/mol. The lowest BCUT2D eigenvalue weighted by Crippen LogP contribution is -2.12. The van der Waals surface area contributed by atoms with Crippen molar-refractivity contribution in [2.75, 3.05) is 16.9 Å². The molecule has 0 heterocycles. The molecule has 0 spiro atoms. The molecule has 1 aromatic carbocycles. The SMILES string of the molecule is CCCCS(=O)c1ccc(NC(=O)CCl)cc1. The first-order chi connectivity index (χ1) is 8.17. The van der Waals surface area contributed by atoms with Gasteiger partial charge < -0.3 is 5.32 Å². The van der Waals surface area contributed by atoms with E-state index in [0.717, 1.165) is 17.7 Å². The van der Waals surface area contributed by atoms with Crippen molar-refractivity contribution in [2.45, 2.75) is 24.7 Å². The third-order valence-corrected chi connectivity index (χ3v) is 3.91. The molecule has 1 amide bonds. The number of nitrogens with one attached hydrogen (secondary N) is 1. The van der Waals surface area contributed by atoms with E-state index in [4.69, 9.17) is 11.6 Å². The van der Waals surface area contributed by atoms with Crippen LogP contribution in [-0.2, 0) is 15.6 Å². The number of carbonyl (C=O) groups is 1. The molecule has 94 valence electrons. The fraction of sp³-hybridized carbons (Fsp3) is 0.417. The molecule has 1 unspecified atom stereocenters. The van der Waals surface area contributed by atoms with Crippen LogP contribution >= 0.6 is 11.6 Å². The van der Waals surface area contributed by atoms with Crippen molar-refractivity contribution in [2.24, 2.45) is 0 Å². The summed E-state index contributed by atoms with van der Waals surface area (Å²) in [5.74, 6) is 0.375. The number of hydrogen-bond acceptors (Lipinski definition) is 2. The molecule has 0 fully saturated rings. The maximum absolute atomic E-state index is 11.8. The first kappa shape index (κ1) is 14.2. The third kappa shape index (κ3) is 4.88. The second-order valence-corrected chi connectivity index (χ2v) is 5.45. The van der Waals surface area contributed by atoms with E-state index < -0.39 is 10.8 Å². The van der Waals surface area contributed by atoms with Crippen molar-refractivity contribution in [3.8, 4) is 0 Å². The van der Waals surface area contributed by atoms with Crippen LogP contribution in [0.4, 0.5) is 5.69 Å². The fourth-order valence-electron chi connectivity index (χ4n) is 1.28. The van der Waals surface area contributed by atoms with Gasteiger partial charge >= 0.3 is 0 Å². The van der Waals surface area contributed by atoms with Gasteiger partial charge in [-0.1, -0.05) is 13.3 Å². The van der Waals surface area contributed by atoms with Crippen LogP contribution in [0.5, 0.6) is 0 Å². The number of amides is 1. The number of unbranched alkanes of at least 4 members (excludes halogenated alkanes) is 1. The molecule has 5 heteroatoms. The van der Waals surface area contributed by atoms with Gasteiger partial charge in [0.2, 0.25) is 5.91 Å². The van der Waals surface area contributed by atoms with Gasteiger partial charge in [0.15, 0.2) is 0 Å². The van der Waals surface area contributed by atoms with Crippen molar-refractivity contribution < 1.29 is 9.00 Å². The van der Waals surface area contributed by atoms with Crippen molar-refractivity contribution in [1.82, 2.24) is 0 Å².